The van der Waals surface area contributed by atoms with Crippen LogP contribution in [0.1, 0.15) is 32.1 Å². The largest absolute Gasteiger partial charge is 0.393 e. The van der Waals surface area contributed by atoms with Crippen LogP contribution in [0.15, 0.2) is 0 Å². The van der Waals surface area contributed by atoms with Crippen LogP contribution in [0, 0.1) is 11.8 Å². The summed E-state index contributed by atoms with van der Waals surface area (Å²) >= 11 is 0. The summed E-state index contributed by atoms with van der Waals surface area (Å²) in [5.41, 5.74) is -0.161. The molecule has 20 heavy (non-hydrogen) atoms. The zero-order valence-electron chi connectivity index (χ0n) is 11.5. The van der Waals surface area contributed by atoms with Crippen molar-refractivity contribution in [1.29, 1.82) is 0 Å². The van der Waals surface area contributed by atoms with Gasteiger partial charge in [0.1, 0.15) is 0 Å². The maximum absolute atomic E-state index is 12.7. The van der Waals surface area contributed by atoms with Crippen molar-refractivity contribution in [3.8, 4) is 0 Å². The van der Waals surface area contributed by atoms with Gasteiger partial charge in [-0.15, -0.1) is 0 Å². The van der Waals surface area contributed by atoms with Gasteiger partial charge in [0.25, 0.3) is 0 Å². The van der Waals surface area contributed by atoms with Crippen molar-refractivity contribution in [3.05, 3.63) is 0 Å². The lowest BCUT2D eigenvalue weighted by Crippen LogP contribution is -2.51. The Morgan fingerprint density at radius 1 is 1.10 bits per heavy atom. The molecule has 1 N–H and O–H groups in total. The summed E-state index contributed by atoms with van der Waals surface area (Å²) in [4.78, 5) is 0. The van der Waals surface area contributed by atoms with Gasteiger partial charge >= 0.3 is 6.18 Å². The molecule has 3 heterocycles. The molecule has 6 heteroatoms. The lowest BCUT2D eigenvalue weighted by atomic mass is 9.77. The van der Waals surface area contributed by atoms with Crippen LogP contribution in [0.5, 0.6) is 0 Å². The van der Waals surface area contributed by atoms with Crippen molar-refractivity contribution in [2.75, 3.05) is 26.4 Å². The molecule has 0 radical (unpaired) electrons. The molecule has 116 valence electrons. The third kappa shape index (κ3) is 2.97. The van der Waals surface area contributed by atoms with Crippen molar-refractivity contribution < 1.29 is 22.6 Å². The van der Waals surface area contributed by atoms with Gasteiger partial charge in [0.05, 0.1) is 18.1 Å². The first-order chi connectivity index (χ1) is 9.49. The topological polar surface area (TPSA) is 30.5 Å². The normalized spacial score (nSPS) is 43.0. The molecule has 3 aliphatic heterocycles. The van der Waals surface area contributed by atoms with Crippen molar-refractivity contribution in [3.63, 3.8) is 0 Å². The van der Waals surface area contributed by atoms with E-state index in [1.807, 2.05) is 0 Å². The lowest BCUT2D eigenvalue weighted by Gasteiger charge is -2.43. The van der Waals surface area contributed by atoms with E-state index >= 15 is 0 Å². The summed E-state index contributed by atoms with van der Waals surface area (Å²) in [6, 6.07) is 0.204. The molecule has 3 aliphatic rings. The molecule has 1 spiro atoms. The maximum atomic E-state index is 12.7. The summed E-state index contributed by atoms with van der Waals surface area (Å²) in [5.74, 6) is -0.762. The molecule has 3 rings (SSSR count). The molecule has 3 saturated heterocycles. The number of halogens is 3. The Morgan fingerprint density at radius 2 is 1.95 bits per heavy atom. The molecule has 0 aromatic heterocycles. The van der Waals surface area contributed by atoms with Gasteiger partial charge in [0, 0.05) is 32.2 Å². The molecule has 4 atom stereocenters. The second-order valence-corrected chi connectivity index (χ2v) is 6.42. The average Bonchev–Trinajstić information content (AvgIpc) is 2.86. The number of hydrogen-bond acceptors (Lipinski definition) is 3. The highest BCUT2D eigenvalue weighted by Gasteiger charge is 2.46. The Kier molecular flexibility index (Phi) is 3.99. The number of ether oxygens (including phenoxy) is 2. The van der Waals surface area contributed by atoms with Gasteiger partial charge in [0.2, 0.25) is 0 Å². The molecule has 0 amide bonds. The van der Waals surface area contributed by atoms with Gasteiger partial charge in [-0.2, -0.15) is 13.2 Å². The summed E-state index contributed by atoms with van der Waals surface area (Å²) in [7, 11) is 0. The Labute approximate surface area is 117 Å². The number of rotatable bonds is 1. The molecule has 0 aromatic carbocycles. The first-order valence-corrected chi connectivity index (χ1v) is 7.50. The third-order valence-electron chi connectivity index (χ3n) is 5.08. The molecule has 0 bridgehead atoms. The van der Waals surface area contributed by atoms with Gasteiger partial charge in [-0.05, 0) is 31.6 Å². The second kappa shape index (κ2) is 5.46. The highest BCUT2D eigenvalue weighted by atomic mass is 19.4. The van der Waals surface area contributed by atoms with E-state index in [0.717, 1.165) is 25.9 Å². The molecule has 0 aliphatic carbocycles. The van der Waals surface area contributed by atoms with E-state index in [2.05, 4.69) is 5.32 Å². The van der Waals surface area contributed by atoms with Crippen LogP contribution in [-0.4, -0.2) is 44.2 Å². The minimum absolute atomic E-state index is 0.0645. The van der Waals surface area contributed by atoms with Crippen molar-refractivity contribution >= 4 is 0 Å². The highest BCUT2D eigenvalue weighted by molar-refractivity contribution is 4.95. The number of alkyl halides is 3. The number of piperidine rings is 1. The smallest absolute Gasteiger partial charge is 0.378 e. The molecule has 4 unspecified atom stereocenters. The fraction of sp³-hybridized carbons (Fsp3) is 1.00. The van der Waals surface area contributed by atoms with Crippen LogP contribution < -0.4 is 5.32 Å². The minimum atomic E-state index is -4.06. The molecule has 3 fully saturated rings. The Hall–Kier alpha value is -0.330. The van der Waals surface area contributed by atoms with E-state index in [9.17, 15) is 13.2 Å². The highest BCUT2D eigenvalue weighted by Crippen LogP contribution is 2.40. The van der Waals surface area contributed by atoms with E-state index in [4.69, 9.17) is 9.47 Å². The summed E-state index contributed by atoms with van der Waals surface area (Å²) in [5, 5.41) is 3.14. The van der Waals surface area contributed by atoms with Gasteiger partial charge in [-0.25, -0.2) is 0 Å². The Bertz CT molecular complexity index is 334. The molecular weight excluding hydrogens is 271 g/mol. The maximum Gasteiger partial charge on any atom is 0.393 e. The quantitative estimate of drug-likeness (QED) is 0.806. The van der Waals surface area contributed by atoms with Gasteiger partial charge in [-0.1, -0.05) is 0 Å². The standard InChI is InChI=1S/C14H22F3NO2/c15-14(16,17)11-1-2-12(18-8-11)10-3-5-20-13(7-10)4-6-19-9-13/h10-12,18H,1-9H2. The van der Waals surface area contributed by atoms with Crippen molar-refractivity contribution in [1.82, 2.24) is 5.32 Å². The van der Waals surface area contributed by atoms with Crippen LogP contribution in [0.4, 0.5) is 13.2 Å². The SMILES string of the molecule is FC(F)(F)C1CCC(C2CCOC3(CCOC3)C2)NC1. The first-order valence-electron chi connectivity index (χ1n) is 7.50. The number of nitrogens with one attached hydrogen (secondary N) is 1. The fourth-order valence-electron chi connectivity index (χ4n) is 3.83. The van der Waals surface area contributed by atoms with Crippen LogP contribution >= 0.6 is 0 Å². The zero-order chi connectivity index (χ0) is 14.2. The van der Waals surface area contributed by atoms with E-state index in [0.29, 0.717) is 25.6 Å². The zero-order valence-corrected chi connectivity index (χ0v) is 11.5. The van der Waals surface area contributed by atoms with E-state index < -0.39 is 12.1 Å². The predicted octanol–water partition coefficient (Wildman–Crippen LogP) is 2.50. The second-order valence-electron chi connectivity index (χ2n) is 6.42. The summed E-state index contributed by atoms with van der Waals surface area (Å²) in [6.45, 7) is 2.15. The van der Waals surface area contributed by atoms with Crippen LogP contribution in [-0.2, 0) is 9.47 Å². The van der Waals surface area contributed by atoms with E-state index in [-0.39, 0.29) is 24.6 Å². The van der Waals surface area contributed by atoms with Gasteiger partial charge < -0.3 is 14.8 Å². The third-order valence-corrected chi connectivity index (χ3v) is 5.08. The monoisotopic (exact) mass is 293 g/mol. The summed E-state index contributed by atoms with van der Waals surface area (Å²) in [6.07, 6.45) is -0.416. The Morgan fingerprint density at radius 3 is 2.55 bits per heavy atom. The molecule has 3 nitrogen and oxygen atoms in total. The van der Waals surface area contributed by atoms with E-state index in [1.165, 1.54) is 0 Å². The van der Waals surface area contributed by atoms with Gasteiger partial charge in [-0.3, -0.25) is 0 Å². The summed E-state index contributed by atoms with van der Waals surface area (Å²) < 4.78 is 49.4. The molecule has 0 saturated carbocycles. The Balaban J connectivity index is 1.55. The fourth-order valence-corrected chi connectivity index (χ4v) is 3.83. The van der Waals surface area contributed by atoms with Crippen molar-refractivity contribution in [2.24, 2.45) is 11.8 Å². The van der Waals surface area contributed by atoms with Gasteiger partial charge in [0.15, 0.2) is 0 Å². The average molecular weight is 293 g/mol. The number of hydrogen-bond donors (Lipinski definition) is 1. The van der Waals surface area contributed by atoms with Crippen LogP contribution in [0.2, 0.25) is 0 Å². The van der Waals surface area contributed by atoms with E-state index in [1.54, 1.807) is 0 Å². The van der Waals surface area contributed by atoms with Crippen LogP contribution in [0.25, 0.3) is 0 Å². The molecular formula is C14H22F3NO2. The predicted molar refractivity (Wildman–Crippen MR) is 67.4 cm³/mol. The minimum Gasteiger partial charge on any atom is -0.378 e. The molecule has 0 aromatic rings. The van der Waals surface area contributed by atoms with Crippen LogP contribution in [0.3, 0.4) is 0 Å². The first kappa shape index (κ1) is 14.6. The van der Waals surface area contributed by atoms with Crippen molar-refractivity contribution in [2.45, 2.75) is 49.9 Å². The lowest BCUT2D eigenvalue weighted by molar-refractivity contribution is -0.181.